The predicted octanol–water partition coefficient (Wildman–Crippen LogP) is 1.33. The summed E-state index contributed by atoms with van der Waals surface area (Å²) in [6, 6.07) is 1.75. The molecule has 0 aliphatic heterocycles. The second-order valence-corrected chi connectivity index (χ2v) is 4.08. The first-order valence-electron chi connectivity index (χ1n) is 5.48. The van der Waals surface area contributed by atoms with Gasteiger partial charge in [0.2, 0.25) is 5.91 Å². The number of alkyl halides is 3. The van der Waals surface area contributed by atoms with Crippen molar-refractivity contribution in [1.29, 1.82) is 0 Å². The number of halogens is 3. The first kappa shape index (κ1) is 16.0. The fourth-order valence-corrected chi connectivity index (χ4v) is 1.56. The fraction of sp³-hybridized carbons (Fsp3) is 0.333. The number of hydrogen-bond acceptors (Lipinski definition) is 3. The van der Waals surface area contributed by atoms with Gasteiger partial charge in [-0.3, -0.25) is 4.79 Å². The van der Waals surface area contributed by atoms with E-state index in [1.807, 2.05) is 5.32 Å². The van der Waals surface area contributed by atoms with Crippen LogP contribution in [-0.4, -0.2) is 28.1 Å². The molecule has 0 saturated carbocycles. The molecule has 1 amide bonds. The SMILES string of the molecule is CC(=O)N[C@H](C(=O)O)[C@H](O)c1ccc(C(F)(F)F)cc1. The van der Waals surface area contributed by atoms with Crippen molar-refractivity contribution in [2.45, 2.75) is 25.2 Å². The molecule has 0 aliphatic rings. The van der Waals surface area contributed by atoms with E-state index in [-0.39, 0.29) is 5.56 Å². The number of carbonyl (C=O) groups is 2. The Morgan fingerprint density at radius 1 is 1.20 bits per heavy atom. The maximum absolute atomic E-state index is 12.4. The molecule has 1 rings (SSSR count). The Labute approximate surface area is 112 Å². The second kappa shape index (κ2) is 5.91. The van der Waals surface area contributed by atoms with Crippen LogP contribution in [0.2, 0.25) is 0 Å². The lowest BCUT2D eigenvalue weighted by atomic mass is 10.0. The molecule has 0 aromatic heterocycles. The van der Waals surface area contributed by atoms with Gasteiger partial charge in [-0.1, -0.05) is 12.1 Å². The Morgan fingerprint density at radius 2 is 1.70 bits per heavy atom. The number of nitrogens with one attached hydrogen (secondary N) is 1. The minimum atomic E-state index is -4.52. The highest BCUT2D eigenvalue weighted by Gasteiger charge is 2.32. The smallest absolute Gasteiger partial charge is 0.416 e. The molecule has 0 spiro atoms. The minimum Gasteiger partial charge on any atom is -0.480 e. The molecule has 1 aromatic rings. The first-order chi connectivity index (χ1) is 9.12. The monoisotopic (exact) mass is 291 g/mol. The van der Waals surface area contributed by atoms with Crippen molar-refractivity contribution in [2.24, 2.45) is 0 Å². The summed E-state index contributed by atoms with van der Waals surface area (Å²) in [6.45, 7) is 1.06. The molecule has 2 atom stereocenters. The highest BCUT2D eigenvalue weighted by Crippen LogP contribution is 2.30. The van der Waals surface area contributed by atoms with Crippen LogP contribution in [0.1, 0.15) is 24.2 Å². The summed E-state index contributed by atoms with van der Waals surface area (Å²) in [4.78, 5) is 21.8. The molecule has 0 unspecified atom stereocenters. The van der Waals surface area contributed by atoms with E-state index >= 15 is 0 Å². The van der Waals surface area contributed by atoms with E-state index in [0.29, 0.717) is 0 Å². The molecule has 1 aromatic carbocycles. The van der Waals surface area contributed by atoms with Gasteiger partial charge < -0.3 is 15.5 Å². The molecular weight excluding hydrogens is 279 g/mol. The Balaban J connectivity index is 2.98. The molecule has 5 nitrogen and oxygen atoms in total. The number of benzene rings is 1. The number of hydrogen-bond donors (Lipinski definition) is 3. The molecule has 0 fully saturated rings. The number of aliphatic hydroxyl groups excluding tert-OH is 1. The Hall–Kier alpha value is -2.09. The zero-order chi connectivity index (χ0) is 15.5. The van der Waals surface area contributed by atoms with Crippen LogP contribution in [0.25, 0.3) is 0 Å². The van der Waals surface area contributed by atoms with Crippen LogP contribution >= 0.6 is 0 Å². The topological polar surface area (TPSA) is 86.6 Å². The number of rotatable bonds is 4. The van der Waals surface area contributed by atoms with Gasteiger partial charge in [0.05, 0.1) is 5.56 Å². The van der Waals surface area contributed by atoms with Crippen molar-refractivity contribution in [3.8, 4) is 0 Å². The lowest BCUT2D eigenvalue weighted by Crippen LogP contribution is -2.44. The van der Waals surface area contributed by atoms with E-state index in [1.54, 1.807) is 0 Å². The third kappa shape index (κ3) is 3.95. The third-order valence-electron chi connectivity index (χ3n) is 2.52. The standard InChI is InChI=1S/C12H12F3NO4/c1-6(17)16-9(11(19)20)10(18)7-2-4-8(5-3-7)12(13,14)15/h2-5,9-10,18H,1H3,(H,16,17)(H,19,20)/t9-,10+/m0/s1. The van der Waals surface area contributed by atoms with Gasteiger partial charge in [-0.05, 0) is 17.7 Å². The number of aliphatic hydroxyl groups is 1. The Morgan fingerprint density at radius 3 is 2.05 bits per heavy atom. The predicted molar refractivity (Wildman–Crippen MR) is 61.6 cm³/mol. The highest BCUT2D eigenvalue weighted by atomic mass is 19.4. The van der Waals surface area contributed by atoms with Crippen LogP contribution in [0.15, 0.2) is 24.3 Å². The molecule has 20 heavy (non-hydrogen) atoms. The molecule has 110 valence electrons. The van der Waals surface area contributed by atoms with Gasteiger partial charge in [-0.25, -0.2) is 4.79 Å². The van der Waals surface area contributed by atoms with E-state index in [0.717, 1.165) is 31.2 Å². The fourth-order valence-electron chi connectivity index (χ4n) is 1.56. The highest BCUT2D eigenvalue weighted by molar-refractivity contribution is 5.82. The Kier molecular flexibility index (Phi) is 4.72. The maximum Gasteiger partial charge on any atom is 0.416 e. The van der Waals surface area contributed by atoms with Gasteiger partial charge in [0.25, 0.3) is 0 Å². The molecule has 0 aliphatic carbocycles. The first-order valence-corrected chi connectivity index (χ1v) is 5.48. The van der Waals surface area contributed by atoms with E-state index < -0.39 is 35.8 Å². The van der Waals surface area contributed by atoms with Crippen LogP contribution in [0, 0.1) is 0 Å². The third-order valence-corrected chi connectivity index (χ3v) is 2.52. The van der Waals surface area contributed by atoms with Crippen molar-refractivity contribution in [2.75, 3.05) is 0 Å². The van der Waals surface area contributed by atoms with E-state index in [9.17, 15) is 27.9 Å². The number of carboxylic acids is 1. The summed E-state index contributed by atoms with van der Waals surface area (Å²) in [5, 5.41) is 20.7. The van der Waals surface area contributed by atoms with E-state index in [2.05, 4.69) is 0 Å². The van der Waals surface area contributed by atoms with E-state index in [1.165, 1.54) is 0 Å². The van der Waals surface area contributed by atoms with Gasteiger partial charge in [-0.2, -0.15) is 13.2 Å². The van der Waals surface area contributed by atoms with Crippen molar-refractivity contribution in [3.05, 3.63) is 35.4 Å². The average molecular weight is 291 g/mol. The normalized spacial score (nSPS) is 14.4. The summed E-state index contributed by atoms with van der Waals surface area (Å²) in [5.41, 5.74) is -0.959. The van der Waals surface area contributed by atoms with Crippen molar-refractivity contribution in [3.63, 3.8) is 0 Å². The van der Waals surface area contributed by atoms with Crippen LogP contribution < -0.4 is 5.32 Å². The lowest BCUT2D eigenvalue weighted by Gasteiger charge is -2.20. The van der Waals surface area contributed by atoms with Crippen LogP contribution in [0.5, 0.6) is 0 Å². The largest absolute Gasteiger partial charge is 0.480 e. The molecule has 3 N–H and O–H groups in total. The Bertz CT molecular complexity index is 498. The van der Waals surface area contributed by atoms with Crippen LogP contribution in [-0.2, 0) is 15.8 Å². The van der Waals surface area contributed by atoms with Gasteiger partial charge in [0.1, 0.15) is 6.10 Å². The van der Waals surface area contributed by atoms with Gasteiger partial charge in [0, 0.05) is 6.92 Å². The summed E-state index contributed by atoms with van der Waals surface area (Å²) >= 11 is 0. The second-order valence-electron chi connectivity index (χ2n) is 4.08. The number of amides is 1. The van der Waals surface area contributed by atoms with Gasteiger partial charge >= 0.3 is 12.1 Å². The average Bonchev–Trinajstić information content (AvgIpc) is 2.33. The van der Waals surface area contributed by atoms with Crippen molar-refractivity contribution < 1.29 is 33.0 Å². The zero-order valence-electron chi connectivity index (χ0n) is 10.3. The number of carboxylic acid groups (broad SMARTS) is 1. The molecule has 0 saturated heterocycles. The van der Waals surface area contributed by atoms with Gasteiger partial charge in [0.15, 0.2) is 6.04 Å². The zero-order valence-corrected chi connectivity index (χ0v) is 10.3. The molecular formula is C12H12F3NO4. The molecule has 0 bridgehead atoms. The summed E-state index contributed by atoms with van der Waals surface area (Å²) in [7, 11) is 0. The van der Waals surface area contributed by atoms with Crippen molar-refractivity contribution >= 4 is 11.9 Å². The summed E-state index contributed by atoms with van der Waals surface area (Å²) < 4.78 is 37.1. The van der Waals surface area contributed by atoms with Gasteiger partial charge in [-0.15, -0.1) is 0 Å². The summed E-state index contributed by atoms with van der Waals surface area (Å²) in [6.07, 6.45) is -6.17. The van der Waals surface area contributed by atoms with E-state index in [4.69, 9.17) is 5.11 Å². The number of aliphatic carboxylic acids is 1. The van der Waals surface area contributed by atoms with Crippen molar-refractivity contribution in [1.82, 2.24) is 5.32 Å². The molecule has 0 heterocycles. The molecule has 0 radical (unpaired) electrons. The molecule has 8 heteroatoms. The summed E-state index contributed by atoms with van der Waals surface area (Å²) in [5.74, 6) is -2.17. The number of carbonyl (C=O) groups excluding carboxylic acids is 1. The van der Waals surface area contributed by atoms with Crippen LogP contribution in [0.4, 0.5) is 13.2 Å². The van der Waals surface area contributed by atoms with Crippen LogP contribution in [0.3, 0.4) is 0 Å². The lowest BCUT2D eigenvalue weighted by molar-refractivity contribution is -0.145. The quantitative estimate of drug-likeness (QED) is 0.781. The maximum atomic E-state index is 12.4. The minimum absolute atomic E-state index is 0.0425.